The summed E-state index contributed by atoms with van der Waals surface area (Å²) in [5.74, 6) is -0.235. The lowest BCUT2D eigenvalue weighted by atomic mass is 9.33. The number of carbonyl (C=O) groups excluding carboxylic acids is 3. The van der Waals surface area contributed by atoms with Gasteiger partial charge in [0.1, 0.15) is 6.10 Å². The number of esters is 1. The van der Waals surface area contributed by atoms with Crippen LogP contribution in [-0.2, 0) is 33.8 Å². The second-order valence-corrected chi connectivity index (χ2v) is 24.1. The number of carboxylic acid groups (broad SMARTS) is 1. The number of nitrogens with zero attached hydrogens (tertiary/aromatic N) is 1. The molecule has 1 saturated heterocycles. The molecular formula is C45H70N2O8S. The Balaban J connectivity index is 1.08. The number of aliphatic carboxylic acids is 1. The molecular weight excluding hydrogens is 729 g/mol. The van der Waals surface area contributed by atoms with Crippen molar-refractivity contribution in [3.8, 4) is 0 Å². The van der Waals surface area contributed by atoms with Gasteiger partial charge in [-0.15, -0.1) is 0 Å². The molecule has 11 heteroatoms. The van der Waals surface area contributed by atoms with Crippen molar-refractivity contribution in [2.45, 2.75) is 139 Å². The molecule has 0 aromatic carbocycles. The first-order chi connectivity index (χ1) is 25.9. The molecule has 0 spiro atoms. The number of sulfone groups is 1. The van der Waals surface area contributed by atoms with Crippen molar-refractivity contribution in [1.29, 1.82) is 0 Å². The van der Waals surface area contributed by atoms with Crippen molar-refractivity contribution in [2.24, 2.45) is 68.0 Å². The number of hydrogen-bond donors (Lipinski definition) is 2. The smallest absolute Gasteiger partial charge is 0.309 e. The van der Waals surface area contributed by atoms with Gasteiger partial charge in [0.05, 0.1) is 23.3 Å². The minimum Gasteiger partial charge on any atom is -0.481 e. The summed E-state index contributed by atoms with van der Waals surface area (Å²) >= 11 is 0. The maximum Gasteiger partial charge on any atom is 0.309 e. The summed E-state index contributed by atoms with van der Waals surface area (Å²) in [6, 6.07) is 0. The minimum atomic E-state index is -2.96. The normalized spacial score (nSPS) is 42.4. The van der Waals surface area contributed by atoms with Crippen LogP contribution >= 0.6 is 0 Å². The summed E-state index contributed by atoms with van der Waals surface area (Å²) in [6.07, 6.45) is 8.72. The second kappa shape index (κ2) is 13.9. The highest BCUT2D eigenvalue weighted by molar-refractivity contribution is 7.91. The van der Waals surface area contributed by atoms with Crippen molar-refractivity contribution >= 4 is 33.5 Å². The Kier molecular flexibility index (Phi) is 10.4. The molecule has 7 aliphatic rings. The molecule has 0 radical (unpaired) electrons. The molecule has 314 valence electrons. The Morgan fingerprint density at radius 2 is 1.54 bits per heavy atom. The molecule has 0 aromatic heterocycles. The summed E-state index contributed by atoms with van der Waals surface area (Å²) in [4.78, 5) is 55.3. The lowest BCUT2D eigenvalue weighted by Gasteiger charge is -2.72. The van der Waals surface area contributed by atoms with Crippen LogP contribution < -0.4 is 5.32 Å². The van der Waals surface area contributed by atoms with E-state index in [0.29, 0.717) is 57.3 Å². The number of ether oxygens (including phenoxy) is 1. The Bertz CT molecular complexity index is 1790. The van der Waals surface area contributed by atoms with Crippen LogP contribution in [0.3, 0.4) is 0 Å². The number of amides is 1. The minimum absolute atomic E-state index is 0.0104. The van der Waals surface area contributed by atoms with E-state index >= 15 is 0 Å². The largest absolute Gasteiger partial charge is 0.481 e. The predicted octanol–water partition coefficient (Wildman–Crippen LogP) is 6.86. The molecule has 0 bridgehead atoms. The first-order valence-corrected chi connectivity index (χ1v) is 23.7. The van der Waals surface area contributed by atoms with Gasteiger partial charge in [0.2, 0.25) is 5.91 Å². The van der Waals surface area contributed by atoms with Gasteiger partial charge in [-0.05, 0) is 109 Å². The average Bonchev–Trinajstić information content (AvgIpc) is 3.38. The molecule has 1 heterocycles. The summed E-state index contributed by atoms with van der Waals surface area (Å²) < 4.78 is 30.2. The molecule has 56 heavy (non-hydrogen) atoms. The van der Waals surface area contributed by atoms with E-state index in [2.05, 4.69) is 58.7 Å². The van der Waals surface area contributed by atoms with Crippen LogP contribution in [0.25, 0.3) is 0 Å². The molecule has 0 unspecified atom stereocenters. The van der Waals surface area contributed by atoms with Gasteiger partial charge >= 0.3 is 11.9 Å². The second-order valence-electron chi connectivity index (χ2n) is 21.8. The van der Waals surface area contributed by atoms with Gasteiger partial charge in [-0.1, -0.05) is 67.9 Å². The highest BCUT2D eigenvalue weighted by Crippen LogP contribution is 2.77. The van der Waals surface area contributed by atoms with Crippen LogP contribution in [0.4, 0.5) is 0 Å². The number of carbonyl (C=O) groups is 4. The van der Waals surface area contributed by atoms with Crippen LogP contribution in [0.5, 0.6) is 0 Å². The number of ketones is 1. The van der Waals surface area contributed by atoms with Crippen LogP contribution in [0.2, 0.25) is 0 Å². The monoisotopic (exact) mass is 798 g/mol. The lowest BCUT2D eigenvalue weighted by Crippen LogP contribution is -2.66. The molecule has 6 aliphatic carbocycles. The third-order valence-corrected chi connectivity index (χ3v) is 19.9. The van der Waals surface area contributed by atoms with Gasteiger partial charge in [-0.25, -0.2) is 8.42 Å². The van der Waals surface area contributed by atoms with E-state index < -0.39 is 38.5 Å². The van der Waals surface area contributed by atoms with Crippen molar-refractivity contribution in [3.63, 3.8) is 0 Å². The zero-order chi connectivity index (χ0) is 41.0. The van der Waals surface area contributed by atoms with E-state index in [0.717, 1.165) is 56.9 Å². The topological polar surface area (TPSA) is 147 Å². The molecule has 5 saturated carbocycles. The lowest BCUT2D eigenvalue weighted by molar-refractivity contribution is -0.236. The number of fused-ring (bicyclic) bond motifs is 7. The third kappa shape index (κ3) is 6.36. The number of allylic oxidation sites excluding steroid dienone is 2. The standard InChI is InChI=1S/C45H70N2O8S/c1-27(2)36-31(48)25-45(26-35(49)46-18-19-47-20-22-56(53,54)23-21-47)17-16-43(8)28(37(36)45)10-11-33-42(7)14-13-34(41(5,6)32(42)12-15-44(33,43)9)55-39(52)30-24-29(38(50)51)40(30,3)4/h27-30,32-34H,10-26H2,1-9H3,(H,46,49)(H,50,51)/t28-,29+,30-,32+,33-,34+,42+,43-,44-,45+/m1/s1. The first-order valence-electron chi connectivity index (χ1n) is 21.8. The van der Waals surface area contributed by atoms with E-state index in [4.69, 9.17) is 4.74 Å². The number of rotatable bonds is 9. The van der Waals surface area contributed by atoms with Gasteiger partial charge in [0, 0.05) is 49.9 Å². The Labute approximate surface area is 336 Å². The number of carboxylic acids is 1. The van der Waals surface area contributed by atoms with E-state index in [1.807, 2.05) is 13.8 Å². The van der Waals surface area contributed by atoms with Gasteiger partial charge in [-0.3, -0.25) is 24.1 Å². The summed E-state index contributed by atoms with van der Waals surface area (Å²) in [7, 11) is -2.96. The Hall–Kier alpha value is -2.27. The molecule has 0 aromatic rings. The summed E-state index contributed by atoms with van der Waals surface area (Å²) in [5, 5.41) is 12.8. The van der Waals surface area contributed by atoms with Crippen LogP contribution in [-0.4, -0.2) is 85.8 Å². The van der Waals surface area contributed by atoms with E-state index in [1.54, 1.807) is 0 Å². The summed E-state index contributed by atoms with van der Waals surface area (Å²) in [6.45, 7) is 22.3. The zero-order valence-electron chi connectivity index (χ0n) is 35.7. The number of Topliss-reactive ketones (excluding diaryl/α,β-unsaturated/α-hetero) is 1. The van der Waals surface area contributed by atoms with Crippen LogP contribution in [0, 0.1) is 68.0 Å². The Morgan fingerprint density at radius 1 is 0.857 bits per heavy atom. The molecule has 1 amide bonds. The van der Waals surface area contributed by atoms with Gasteiger partial charge in [0.25, 0.3) is 0 Å². The fourth-order valence-corrected chi connectivity index (χ4v) is 16.1. The fraction of sp³-hybridized carbons (Fsp3) is 0.867. The molecule has 2 N–H and O–H groups in total. The fourth-order valence-electron chi connectivity index (χ4n) is 14.8. The zero-order valence-corrected chi connectivity index (χ0v) is 36.5. The molecule has 6 fully saturated rings. The highest BCUT2D eigenvalue weighted by Gasteiger charge is 2.70. The first kappa shape index (κ1) is 41.9. The van der Waals surface area contributed by atoms with E-state index in [1.165, 1.54) is 5.57 Å². The van der Waals surface area contributed by atoms with Crippen molar-refractivity contribution in [3.05, 3.63) is 11.1 Å². The maximum absolute atomic E-state index is 14.0. The molecule has 10 nitrogen and oxygen atoms in total. The van der Waals surface area contributed by atoms with E-state index in [9.17, 15) is 32.7 Å². The SMILES string of the molecule is CC(C)C1=C2[C@H]3CC[C@@H]4[C@@]5(C)CC[C@H](OC(=O)[C@H]6C[C@@H](C(=O)O)C6(C)C)C(C)(C)[C@@H]5CC[C@@]4(C)[C@]3(C)CC[C@@]2(CC(=O)NCCN2CCS(=O)(=O)CC2)CC1=O. The van der Waals surface area contributed by atoms with Crippen molar-refractivity contribution in [2.75, 3.05) is 37.7 Å². The highest BCUT2D eigenvalue weighted by atomic mass is 32.2. The van der Waals surface area contributed by atoms with Crippen molar-refractivity contribution < 1.29 is 37.4 Å². The molecule has 1 aliphatic heterocycles. The van der Waals surface area contributed by atoms with Crippen molar-refractivity contribution in [1.82, 2.24) is 10.2 Å². The van der Waals surface area contributed by atoms with E-state index in [-0.39, 0.29) is 68.8 Å². The maximum atomic E-state index is 14.0. The molecule has 7 rings (SSSR count). The molecule has 10 atom stereocenters. The third-order valence-electron chi connectivity index (χ3n) is 18.3. The predicted molar refractivity (Wildman–Crippen MR) is 215 cm³/mol. The Morgan fingerprint density at radius 3 is 2.16 bits per heavy atom. The quantitative estimate of drug-likeness (QED) is 0.239. The van der Waals surface area contributed by atoms with Gasteiger partial charge < -0.3 is 15.2 Å². The van der Waals surface area contributed by atoms with Crippen LogP contribution in [0.15, 0.2) is 11.1 Å². The van der Waals surface area contributed by atoms with Gasteiger partial charge in [0.15, 0.2) is 15.6 Å². The number of nitrogens with one attached hydrogen (secondary N) is 1. The van der Waals surface area contributed by atoms with Gasteiger partial charge in [-0.2, -0.15) is 0 Å². The number of hydrogen-bond acceptors (Lipinski definition) is 8. The van der Waals surface area contributed by atoms with Crippen LogP contribution in [0.1, 0.15) is 133 Å². The average molecular weight is 799 g/mol. The summed E-state index contributed by atoms with van der Waals surface area (Å²) in [5.41, 5.74) is 1.07.